The van der Waals surface area contributed by atoms with Crippen LogP contribution >= 0.6 is 0 Å². The van der Waals surface area contributed by atoms with E-state index in [1.807, 2.05) is 29.8 Å². The van der Waals surface area contributed by atoms with Gasteiger partial charge in [-0.25, -0.2) is 9.67 Å². The fourth-order valence-electron chi connectivity index (χ4n) is 1.81. The fourth-order valence-corrected chi connectivity index (χ4v) is 1.81. The summed E-state index contributed by atoms with van der Waals surface area (Å²) in [7, 11) is 0. The summed E-state index contributed by atoms with van der Waals surface area (Å²) in [6.07, 6.45) is 1.56. The van der Waals surface area contributed by atoms with E-state index >= 15 is 0 Å². The van der Waals surface area contributed by atoms with Crippen LogP contribution in [0.3, 0.4) is 0 Å². The molecule has 102 valence electrons. The molecule has 2 rings (SSSR count). The third-order valence-corrected chi connectivity index (χ3v) is 2.80. The molecule has 0 radical (unpaired) electrons. The van der Waals surface area contributed by atoms with Gasteiger partial charge in [-0.15, -0.1) is 0 Å². The normalized spacial score (nSPS) is 10.9. The molecule has 1 heterocycles. The van der Waals surface area contributed by atoms with Crippen molar-refractivity contribution in [1.29, 1.82) is 0 Å². The van der Waals surface area contributed by atoms with Gasteiger partial charge in [0.2, 0.25) is 0 Å². The van der Waals surface area contributed by atoms with Gasteiger partial charge < -0.3 is 10.5 Å². The van der Waals surface area contributed by atoms with E-state index in [9.17, 15) is 0 Å². The van der Waals surface area contributed by atoms with E-state index in [0.717, 1.165) is 23.7 Å². The van der Waals surface area contributed by atoms with Crippen LogP contribution in [0.15, 0.2) is 24.5 Å². The first-order valence-corrected chi connectivity index (χ1v) is 6.42. The highest BCUT2D eigenvalue weighted by molar-refractivity contribution is 5.47. The lowest BCUT2D eigenvalue weighted by atomic mass is 10.2. The molecule has 0 bridgehead atoms. The van der Waals surface area contributed by atoms with E-state index in [1.54, 1.807) is 6.33 Å². The van der Waals surface area contributed by atoms with Gasteiger partial charge in [-0.3, -0.25) is 0 Å². The Morgan fingerprint density at radius 1 is 1.37 bits per heavy atom. The van der Waals surface area contributed by atoms with E-state index in [4.69, 9.17) is 10.5 Å². The van der Waals surface area contributed by atoms with Gasteiger partial charge in [-0.1, -0.05) is 19.9 Å². The molecule has 0 saturated carbocycles. The van der Waals surface area contributed by atoms with Crippen molar-refractivity contribution in [2.24, 2.45) is 5.92 Å². The number of hydrogen-bond donors (Lipinski definition) is 1. The SMILES string of the molecule is Cc1ccc(N)cc1OCc1ncnn1CC(C)C. The van der Waals surface area contributed by atoms with Crippen molar-refractivity contribution in [3.8, 4) is 5.75 Å². The summed E-state index contributed by atoms with van der Waals surface area (Å²) < 4.78 is 7.66. The number of anilines is 1. The van der Waals surface area contributed by atoms with Crippen molar-refractivity contribution in [3.05, 3.63) is 35.9 Å². The van der Waals surface area contributed by atoms with E-state index in [-0.39, 0.29) is 0 Å². The van der Waals surface area contributed by atoms with Crippen molar-refractivity contribution in [2.45, 2.75) is 33.9 Å². The van der Waals surface area contributed by atoms with Gasteiger partial charge >= 0.3 is 0 Å². The first-order chi connectivity index (χ1) is 9.06. The molecule has 19 heavy (non-hydrogen) atoms. The van der Waals surface area contributed by atoms with Gasteiger partial charge in [-0.05, 0) is 24.5 Å². The molecule has 0 saturated heterocycles. The lowest BCUT2D eigenvalue weighted by molar-refractivity contribution is 0.281. The third-order valence-electron chi connectivity index (χ3n) is 2.80. The molecule has 5 heteroatoms. The Hall–Kier alpha value is -2.04. The highest BCUT2D eigenvalue weighted by Crippen LogP contribution is 2.21. The standard InChI is InChI=1S/C14H20N4O/c1-10(2)7-18-14(16-9-17-18)8-19-13-6-12(15)5-4-11(13)3/h4-6,9-10H,7-8,15H2,1-3H3. The molecule has 5 nitrogen and oxygen atoms in total. The summed E-state index contributed by atoms with van der Waals surface area (Å²) in [5.74, 6) is 2.14. The first kappa shape index (κ1) is 13.4. The van der Waals surface area contributed by atoms with Crippen LogP contribution in [0.25, 0.3) is 0 Å². The van der Waals surface area contributed by atoms with Gasteiger partial charge in [-0.2, -0.15) is 5.10 Å². The van der Waals surface area contributed by atoms with Crippen LogP contribution in [0.4, 0.5) is 5.69 Å². The largest absolute Gasteiger partial charge is 0.485 e. The van der Waals surface area contributed by atoms with Crippen molar-refractivity contribution in [2.75, 3.05) is 5.73 Å². The molecule has 2 N–H and O–H groups in total. The Bertz CT molecular complexity index is 548. The first-order valence-electron chi connectivity index (χ1n) is 6.42. The fraction of sp³-hybridized carbons (Fsp3) is 0.429. The Balaban J connectivity index is 2.06. The summed E-state index contributed by atoms with van der Waals surface area (Å²) in [6, 6.07) is 5.64. The minimum atomic E-state index is 0.400. The highest BCUT2D eigenvalue weighted by atomic mass is 16.5. The molecular weight excluding hydrogens is 240 g/mol. The lowest BCUT2D eigenvalue weighted by Crippen LogP contribution is -2.12. The van der Waals surface area contributed by atoms with Crippen LogP contribution in [-0.2, 0) is 13.2 Å². The molecule has 0 spiro atoms. The Labute approximate surface area is 113 Å². The van der Waals surface area contributed by atoms with E-state index in [1.165, 1.54) is 0 Å². The summed E-state index contributed by atoms with van der Waals surface area (Å²) in [5, 5.41) is 4.21. The molecule has 1 aromatic heterocycles. The zero-order valence-corrected chi connectivity index (χ0v) is 11.6. The zero-order valence-electron chi connectivity index (χ0n) is 11.6. The average Bonchev–Trinajstić information content (AvgIpc) is 2.77. The molecule has 2 aromatic rings. The predicted octanol–water partition coefficient (Wildman–Crippen LogP) is 2.40. The number of benzene rings is 1. The maximum Gasteiger partial charge on any atom is 0.164 e. The Kier molecular flexibility index (Phi) is 4.04. The van der Waals surface area contributed by atoms with Crippen molar-refractivity contribution >= 4 is 5.69 Å². The summed E-state index contributed by atoms with van der Waals surface area (Å²) in [4.78, 5) is 4.23. The molecule has 0 aliphatic rings. The third kappa shape index (κ3) is 3.47. The molecule has 0 fully saturated rings. The molecule has 0 atom stereocenters. The predicted molar refractivity (Wildman–Crippen MR) is 74.8 cm³/mol. The second kappa shape index (κ2) is 5.73. The van der Waals surface area contributed by atoms with E-state index in [0.29, 0.717) is 18.2 Å². The second-order valence-electron chi connectivity index (χ2n) is 5.07. The number of nitrogens with zero attached hydrogens (tertiary/aromatic N) is 3. The number of rotatable bonds is 5. The van der Waals surface area contributed by atoms with E-state index in [2.05, 4.69) is 23.9 Å². The van der Waals surface area contributed by atoms with Crippen LogP contribution in [0.2, 0.25) is 0 Å². The quantitative estimate of drug-likeness (QED) is 0.838. The van der Waals surface area contributed by atoms with Crippen LogP contribution < -0.4 is 10.5 Å². The van der Waals surface area contributed by atoms with Gasteiger partial charge in [0.05, 0.1) is 0 Å². The van der Waals surface area contributed by atoms with Gasteiger partial charge in [0, 0.05) is 18.3 Å². The number of nitrogen functional groups attached to an aromatic ring is 1. The summed E-state index contributed by atoms with van der Waals surface area (Å²) >= 11 is 0. The smallest absolute Gasteiger partial charge is 0.164 e. The van der Waals surface area contributed by atoms with Crippen LogP contribution in [-0.4, -0.2) is 14.8 Å². The topological polar surface area (TPSA) is 66.0 Å². The molecule has 0 aliphatic heterocycles. The van der Waals surface area contributed by atoms with Crippen molar-refractivity contribution in [3.63, 3.8) is 0 Å². The van der Waals surface area contributed by atoms with Gasteiger partial charge in [0.25, 0.3) is 0 Å². The number of aromatic nitrogens is 3. The maximum atomic E-state index is 5.78. The van der Waals surface area contributed by atoms with Crippen LogP contribution in [0, 0.1) is 12.8 Å². The van der Waals surface area contributed by atoms with Crippen LogP contribution in [0.5, 0.6) is 5.75 Å². The van der Waals surface area contributed by atoms with Crippen molar-refractivity contribution in [1.82, 2.24) is 14.8 Å². The highest BCUT2D eigenvalue weighted by Gasteiger charge is 2.08. The second-order valence-corrected chi connectivity index (χ2v) is 5.07. The Morgan fingerprint density at radius 2 is 2.16 bits per heavy atom. The van der Waals surface area contributed by atoms with Gasteiger partial charge in [0.1, 0.15) is 18.7 Å². The number of nitrogens with two attached hydrogens (primary N) is 1. The molecule has 1 aromatic carbocycles. The van der Waals surface area contributed by atoms with Crippen LogP contribution in [0.1, 0.15) is 25.2 Å². The number of ether oxygens (including phenoxy) is 1. The zero-order chi connectivity index (χ0) is 13.8. The minimum absolute atomic E-state index is 0.400. The van der Waals surface area contributed by atoms with Gasteiger partial charge in [0.15, 0.2) is 5.82 Å². The monoisotopic (exact) mass is 260 g/mol. The molecule has 0 aliphatic carbocycles. The Morgan fingerprint density at radius 3 is 2.89 bits per heavy atom. The average molecular weight is 260 g/mol. The van der Waals surface area contributed by atoms with Crippen molar-refractivity contribution < 1.29 is 4.74 Å². The summed E-state index contributed by atoms with van der Waals surface area (Å²) in [5.41, 5.74) is 7.52. The molecular formula is C14H20N4O. The number of aryl methyl sites for hydroxylation is 1. The maximum absolute atomic E-state index is 5.78. The minimum Gasteiger partial charge on any atom is -0.485 e. The molecule has 0 unspecified atom stereocenters. The van der Waals surface area contributed by atoms with E-state index < -0.39 is 0 Å². The number of hydrogen-bond acceptors (Lipinski definition) is 4. The molecule has 0 amide bonds. The lowest BCUT2D eigenvalue weighted by Gasteiger charge is -2.11. The summed E-state index contributed by atoms with van der Waals surface area (Å²) in [6.45, 7) is 7.53.